The molecule has 0 radical (unpaired) electrons. The van der Waals surface area contributed by atoms with Gasteiger partial charge in [0, 0.05) is 6.20 Å². The third-order valence-corrected chi connectivity index (χ3v) is 2.77. The lowest BCUT2D eigenvalue weighted by Gasteiger charge is -2.10. The highest BCUT2D eigenvalue weighted by molar-refractivity contribution is 6.33. The average Bonchev–Trinajstić information content (AvgIpc) is 2.38. The van der Waals surface area contributed by atoms with Gasteiger partial charge in [0.15, 0.2) is 0 Å². The second-order valence-electron chi connectivity index (χ2n) is 3.55. The summed E-state index contributed by atoms with van der Waals surface area (Å²) in [5.74, 6) is -0.456. The molecule has 2 rings (SSSR count). The third kappa shape index (κ3) is 2.28. The van der Waals surface area contributed by atoms with Gasteiger partial charge in [-0.05, 0) is 24.3 Å². The molecular formula is C13H10ClNO3. The normalized spacial score (nSPS) is 10.1. The first-order valence-corrected chi connectivity index (χ1v) is 5.53. The van der Waals surface area contributed by atoms with Crippen molar-refractivity contribution in [3.8, 4) is 17.0 Å². The summed E-state index contributed by atoms with van der Waals surface area (Å²) in [6.07, 6.45) is 1.43. The number of hydrogen-bond donors (Lipinski definition) is 1. The first kappa shape index (κ1) is 12.4. The predicted molar refractivity (Wildman–Crippen MR) is 68.2 cm³/mol. The van der Waals surface area contributed by atoms with Crippen molar-refractivity contribution in [2.45, 2.75) is 0 Å². The number of benzene rings is 1. The van der Waals surface area contributed by atoms with E-state index in [-0.39, 0.29) is 5.56 Å². The highest BCUT2D eigenvalue weighted by atomic mass is 35.5. The molecule has 0 amide bonds. The molecule has 0 aliphatic heterocycles. The fourth-order valence-corrected chi connectivity index (χ4v) is 1.89. The lowest BCUT2D eigenvalue weighted by Crippen LogP contribution is -1.98. The van der Waals surface area contributed by atoms with Crippen molar-refractivity contribution in [2.24, 2.45) is 0 Å². The summed E-state index contributed by atoms with van der Waals surface area (Å²) in [5.41, 5.74) is 1.21. The van der Waals surface area contributed by atoms with Crippen LogP contribution in [0, 0.1) is 0 Å². The molecule has 92 valence electrons. The van der Waals surface area contributed by atoms with Crippen LogP contribution in [0.5, 0.6) is 5.75 Å². The number of aromatic carboxylic acids is 1. The number of carboxylic acid groups (broad SMARTS) is 1. The maximum Gasteiger partial charge on any atom is 0.335 e. The average molecular weight is 264 g/mol. The van der Waals surface area contributed by atoms with Crippen molar-refractivity contribution in [1.29, 1.82) is 0 Å². The van der Waals surface area contributed by atoms with Gasteiger partial charge in [0.25, 0.3) is 0 Å². The van der Waals surface area contributed by atoms with Gasteiger partial charge in [0.1, 0.15) is 5.75 Å². The monoisotopic (exact) mass is 263 g/mol. The fourth-order valence-electron chi connectivity index (χ4n) is 1.62. The molecule has 5 heteroatoms. The Morgan fingerprint density at radius 2 is 2.17 bits per heavy atom. The van der Waals surface area contributed by atoms with Crippen molar-refractivity contribution in [2.75, 3.05) is 7.11 Å². The van der Waals surface area contributed by atoms with Crippen LogP contribution >= 0.6 is 11.6 Å². The molecule has 0 aliphatic rings. The molecule has 1 N–H and O–H groups in total. The highest BCUT2D eigenvalue weighted by Gasteiger charge is 2.13. The SMILES string of the molecule is COc1cccc(Cl)c1-c1cc(C(=O)O)ccn1. The Hall–Kier alpha value is -2.07. The minimum atomic E-state index is -1.01. The van der Waals surface area contributed by atoms with Crippen LogP contribution in [0.4, 0.5) is 0 Å². The summed E-state index contributed by atoms with van der Waals surface area (Å²) in [6.45, 7) is 0. The van der Waals surface area contributed by atoms with Crippen LogP contribution in [-0.4, -0.2) is 23.2 Å². The molecule has 18 heavy (non-hydrogen) atoms. The Morgan fingerprint density at radius 1 is 1.39 bits per heavy atom. The number of ether oxygens (including phenoxy) is 1. The number of hydrogen-bond acceptors (Lipinski definition) is 3. The summed E-state index contributed by atoms with van der Waals surface area (Å²) in [5, 5.41) is 9.42. The van der Waals surface area contributed by atoms with Crippen molar-refractivity contribution in [3.05, 3.63) is 47.1 Å². The van der Waals surface area contributed by atoms with Gasteiger partial charge in [-0.2, -0.15) is 0 Å². The minimum absolute atomic E-state index is 0.155. The van der Waals surface area contributed by atoms with E-state index in [1.807, 2.05) is 0 Å². The zero-order valence-corrected chi connectivity index (χ0v) is 10.3. The van der Waals surface area contributed by atoms with Crippen molar-refractivity contribution >= 4 is 17.6 Å². The van der Waals surface area contributed by atoms with Gasteiger partial charge in [-0.25, -0.2) is 4.79 Å². The lowest BCUT2D eigenvalue weighted by molar-refractivity contribution is 0.0697. The number of aromatic nitrogens is 1. The van der Waals surface area contributed by atoms with Crippen LogP contribution in [0.25, 0.3) is 11.3 Å². The van der Waals surface area contributed by atoms with Gasteiger partial charge in [0.05, 0.1) is 29.0 Å². The molecule has 2 aromatic rings. The van der Waals surface area contributed by atoms with E-state index in [2.05, 4.69) is 4.98 Å². The molecule has 4 nitrogen and oxygen atoms in total. The molecule has 0 unspecified atom stereocenters. The van der Waals surface area contributed by atoms with Crippen LogP contribution in [0.1, 0.15) is 10.4 Å². The van der Waals surface area contributed by atoms with Crippen LogP contribution in [-0.2, 0) is 0 Å². The molecule has 0 saturated heterocycles. The van der Waals surface area contributed by atoms with Gasteiger partial charge in [-0.1, -0.05) is 17.7 Å². The first-order valence-electron chi connectivity index (χ1n) is 5.15. The fraction of sp³-hybridized carbons (Fsp3) is 0.0769. The van der Waals surface area contributed by atoms with E-state index in [1.165, 1.54) is 25.4 Å². The smallest absolute Gasteiger partial charge is 0.335 e. The van der Waals surface area contributed by atoms with Crippen LogP contribution < -0.4 is 4.74 Å². The lowest BCUT2D eigenvalue weighted by atomic mass is 10.1. The van der Waals surface area contributed by atoms with E-state index >= 15 is 0 Å². The second kappa shape index (κ2) is 5.06. The summed E-state index contributed by atoms with van der Waals surface area (Å²) in [4.78, 5) is 15.1. The maximum absolute atomic E-state index is 10.9. The van der Waals surface area contributed by atoms with Gasteiger partial charge in [0.2, 0.25) is 0 Å². The predicted octanol–water partition coefficient (Wildman–Crippen LogP) is 3.11. The molecule has 0 aliphatic carbocycles. The number of nitrogens with zero attached hydrogens (tertiary/aromatic N) is 1. The Morgan fingerprint density at radius 3 is 2.83 bits per heavy atom. The van der Waals surface area contributed by atoms with Crippen LogP contribution in [0.2, 0.25) is 5.02 Å². The summed E-state index contributed by atoms with van der Waals surface area (Å²) < 4.78 is 5.21. The van der Waals surface area contributed by atoms with Crippen molar-refractivity contribution in [3.63, 3.8) is 0 Å². The molecular weight excluding hydrogens is 254 g/mol. The molecule has 1 heterocycles. The summed E-state index contributed by atoms with van der Waals surface area (Å²) >= 11 is 6.11. The Balaban J connectivity index is 2.61. The number of halogens is 1. The topological polar surface area (TPSA) is 59.4 Å². The molecule has 0 fully saturated rings. The standard InChI is InChI=1S/C13H10ClNO3/c1-18-11-4-2-3-9(14)12(11)10-7-8(13(16)17)5-6-15-10/h2-7H,1H3,(H,16,17). The second-order valence-corrected chi connectivity index (χ2v) is 3.96. The molecule has 0 spiro atoms. The van der Waals surface area contributed by atoms with Crippen molar-refractivity contribution in [1.82, 2.24) is 4.98 Å². The van der Waals surface area contributed by atoms with Crippen LogP contribution in [0.15, 0.2) is 36.5 Å². The number of pyridine rings is 1. The zero-order valence-electron chi connectivity index (χ0n) is 9.55. The largest absolute Gasteiger partial charge is 0.496 e. The van der Waals surface area contributed by atoms with E-state index in [0.29, 0.717) is 22.0 Å². The van der Waals surface area contributed by atoms with E-state index in [1.54, 1.807) is 18.2 Å². The molecule has 0 bridgehead atoms. The quantitative estimate of drug-likeness (QED) is 0.924. The molecule has 0 saturated carbocycles. The Labute approximate surface area is 109 Å². The molecule has 0 atom stereocenters. The number of carboxylic acids is 1. The number of rotatable bonds is 3. The van der Waals surface area contributed by atoms with E-state index in [4.69, 9.17) is 21.4 Å². The third-order valence-electron chi connectivity index (χ3n) is 2.46. The van der Waals surface area contributed by atoms with Crippen LogP contribution in [0.3, 0.4) is 0 Å². The van der Waals surface area contributed by atoms with E-state index in [9.17, 15) is 4.79 Å². The highest BCUT2D eigenvalue weighted by Crippen LogP contribution is 2.35. The number of methoxy groups -OCH3 is 1. The van der Waals surface area contributed by atoms with Gasteiger partial charge < -0.3 is 9.84 Å². The first-order chi connectivity index (χ1) is 8.63. The van der Waals surface area contributed by atoms with Crippen molar-refractivity contribution < 1.29 is 14.6 Å². The minimum Gasteiger partial charge on any atom is -0.496 e. The molecule has 1 aromatic heterocycles. The molecule has 1 aromatic carbocycles. The van der Waals surface area contributed by atoms with E-state index in [0.717, 1.165) is 0 Å². The maximum atomic E-state index is 10.9. The summed E-state index contributed by atoms with van der Waals surface area (Å²) in [6, 6.07) is 8.10. The number of carbonyl (C=O) groups is 1. The Bertz CT molecular complexity index is 599. The summed E-state index contributed by atoms with van der Waals surface area (Å²) in [7, 11) is 1.52. The van der Waals surface area contributed by atoms with E-state index < -0.39 is 5.97 Å². The zero-order chi connectivity index (χ0) is 13.1. The Kier molecular flexibility index (Phi) is 3.48. The van der Waals surface area contributed by atoms with Gasteiger partial charge in [-0.15, -0.1) is 0 Å². The van der Waals surface area contributed by atoms with Gasteiger partial charge in [-0.3, -0.25) is 4.98 Å². The van der Waals surface area contributed by atoms with Gasteiger partial charge >= 0.3 is 5.97 Å².